The van der Waals surface area contributed by atoms with Crippen molar-refractivity contribution in [1.29, 1.82) is 0 Å². The highest BCUT2D eigenvalue weighted by molar-refractivity contribution is 7.90. The summed E-state index contributed by atoms with van der Waals surface area (Å²) in [4.78, 5) is 0.312. The van der Waals surface area contributed by atoms with Crippen molar-refractivity contribution in [2.75, 3.05) is 12.9 Å². The van der Waals surface area contributed by atoms with Crippen LogP contribution in [0.3, 0.4) is 0 Å². The van der Waals surface area contributed by atoms with E-state index in [1.165, 1.54) is 6.26 Å². The number of rotatable bonds is 3. The van der Waals surface area contributed by atoms with Gasteiger partial charge in [-0.2, -0.15) is 0 Å². The molecule has 90 valence electrons. The van der Waals surface area contributed by atoms with Crippen molar-refractivity contribution in [2.45, 2.75) is 31.1 Å². The molecule has 1 aromatic rings. The molecule has 0 aliphatic heterocycles. The van der Waals surface area contributed by atoms with Gasteiger partial charge in [-0.1, -0.05) is 26.0 Å². The van der Waals surface area contributed by atoms with Crippen LogP contribution in [0, 0.1) is 6.92 Å². The second kappa shape index (κ2) is 4.18. The molecule has 0 aliphatic carbocycles. The molecule has 1 aromatic carbocycles. The van der Waals surface area contributed by atoms with Gasteiger partial charge in [0, 0.05) is 11.7 Å². The highest BCUT2D eigenvalue weighted by Gasteiger charge is 2.26. The standard InChI is InChI=1S/C12H18O3S/c1-9-5-6-10(12(2,3)8-13)11(7-9)16(4,14)15/h5-7,13H,8H2,1-4H3. The van der Waals surface area contributed by atoms with E-state index < -0.39 is 15.3 Å². The number of aryl methyl sites for hydroxylation is 1. The van der Waals surface area contributed by atoms with Crippen molar-refractivity contribution in [2.24, 2.45) is 0 Å². The highest BCUT2D eigenvalue weighted by atomic mass is 32.2. The maximum absolute atomic E-state index is 11.7. The predicted octanol–water partition coefficient (Wildman–Crippen LogP) is 1.67. The van der Waals surface area contributed by atoms with Crippen LogP contribution in [0.1, 0.15) is 25.0 Å². The van der Waals surface area contributed by atoms with Crippen molar-refractivity contribution in [3.05, 3.63) is 29.3 Å². The Balaban J connectivity index is 3.53. The Morgan fingerprint density at radius 3 is 2.31 bits per heavy atom. The molecule has 16 heavy (non-hydrogen) atoms. The summed E-state index contributed by atoms with van der Waals surface area (Å²) >= 11 is 0. The zero-order valence-electron chi connectivity index (χ0n) is 10.1. The van der Waals surface area contributed by atoms with E-state index in [-0.39, 0.29) is 6.61 Å². The molecular formula is C12H18O3S. The van der Waals surface area contributed by atoms with Crippen LogP contribution < -0.4 is 0 Å². The number of benzene rings is 1. The largest absolute Gasteiger partial charge is 0.395 e. The maximum atomic E-state index is 11.7. The maximum Gasteiger partial charge on any atom is 0.175 e. The monoisotopic (exact) mass is 242 g/mol. The minimum Gasteiger partial charge on any atom is -0.395 e. The van der Waals surface area contributed by atoms with Gasteiger partial charge >= 0.3 is 0 Å². The van der Waals surface area contributed by atoms with Gasteiger partial charge in [-0.3, -0.25) is 0 Å². The van der Waals surface area contributed by atoms with E-state index in [1.54, 1.807) is 12.1 Å². The molecule has 0 aromatic heterocycles. The molecule has 0 heterocycles. The molecule has 4 heteroatoms. The Morgan fingerprint density at radius 2 is 1.88 bits per heavy atom. The summed E-state index contributed by atoms with van der Waals surface area (Å²) in [7, 11) is -3.26. The first-order valence-electron chi connectivity index (χ1n) is 5.10. The molecule has 0 saturated heterocycles. The molecule has 0 unspecified atom stereocenters. The summed E-state index contributed by atoms with van der Waals surface area (Å²) in [5.41, 5.74) is 1.02. The number of hydrogen-bond acceptors (Lipinski definition) is 3. The van der Waals surface area contributed by atoms with E-state index in [1.807, 2.05) is 26.8 Å². The Labute approximate surface area is 97.0 Å². The molecule has 0 radical (unpaired) electrons. The van der Waals surface area contributed by atoms with Crippen molar-refractivity contribution < 1.29 is 13.5 Å². The van der Waals surface area contributed by atoms with Gasteiger partial charge in [0.2, 0.25) is 0 Å². The van der Waals surface area contributed by atoms with Crippen LogP contribution in [0.25, 0.3) is 0 Å². The summed E-state index contributed by atoms with van der Waals surface area (Å²) in [6.45, 7) is 5.42. The molecule has 0 atom stereocenters. The minimum atomic E-state index is -3.26. The lowest BCUT2D eigenvalue weighted by molar-refractivity contribution is 0.216. The van der Waals surface area contributed by atoms with Gasteiger partial charge in [-0.25, -0.2) is 8.42 Å². The van der Waals surface area contributed by atoms with E-state index in [2.05, 4.69) is 0 Å². The van der Waals surface area contributed by atoms with E-state index in [0.29, 0.717) is 10.5 Å². The summed E-state index contributed by atoms with van der Waals surface area (Å²) in [5.74, 6) is 0. The summed E-state index contributed by atoms with van der Waals surface area (Å²) < 4.78 is 23.4. The zero-order chi connectivity index (χ0) is 12.6. The fourth-order valence-electron chi connectivity index (χ4n) is 1.58. The zero-order valence-corrected chi connectivity index (χ0v) is 10.9. The topological polar surface area (TPSA) is 54.4 Å². The third-order valence-corrected chi connectivity index (χ3v) is 3.80. The van der Waals surface area contributed by atoms with Crippen LogP contribution in [-0.4, -0.2) is 26.4 Å². The Bertz CT molecular complexity index is 487. The normalized spacial score (nSPS) is 12.8. The Hall–Kier alpha value is -0.870. The van der Waals surface area contributed by atoms with Gasteiger partial charge in [0.05, 0.1) is 11.5 Å². The van der Waals surface area contributed by atoms with Crippen LogP contribution in [-0.2, 0) is 15.3 Å². The van der Waals surface area contributed by atoms with Gasteiger partial charge in [0.15, 0.2) is 9.84 Å². The second-order valence-corrected chi connectivity index (χ2v) is 6.80. The molecule has 0 fully saturated rings. The Kier molecular flexibility index (Phi) is 3.45. The molecule has 3 nitrogen and oxygen atoms in total. The fourth-order valence-corrected chi connectivity index (χ4v) is 2.72. The van der Waals surface area contributed by atoms with Crippen LogP contribution in [0.4, 0.5) is 0 Å². The number of hydrogen-bond donors (Lipinski definition) is 1. The average Bonchev–Trinajstić information content (AvgIpc) is 2.16. The first kappa shape index (κ1) is 13.2. The Morgan fingerprint density at radius 1 is 1.31 bits per heavy atom. The summed E-state index contributed by atoms with van der Waals surface area (Å²) in [6, 6.07) is 5.30. The SMILES string of the molecule is Cc1ccc(C(C)(C)CO)c(S(C)(=O)=O)c1. The first-order chi connectivity index (χ1) is 7.18. The number of aliphatic hydroxyl groups excluding tert-OH is 1. The highest BCUT2D eigenvalue weighted by Crippen LogP contribution is 2.29. The van der Waals surface area contributed by atoms with Crippen molar-refractivity contribution >= 4 is 9.84 Å². The molecule has 1 N–H and O–H groups in total. The smallest absolute Gasteiger partial charge is 0.175 e. The fraction of sp³-hybridized carbons (Fsp3) is 0.500. The molecule has 0 bridgehead atoms. The lowest BCUT2D eigenvalue weighted by atomic mass is 9.85. The van der Waals surface area contributed by atoms with Crippen LogP contribution >= 0.6 is 0 Å². The van der Waals surface area contributed by atoms with Crippen LogP contribution in [0.15, 0.2) is 23.1 Å². The lowest BCUT2D eigenvalue weighted by Gasteiger charge is -2.25. The quantitative estimate of drug-likeness (QED) is 0.877. The van der Waals surface area contributed by atoms with Crippen LogP contribution in [0.2, 0.25) is 0 Å². The van der Waals surface area contributed by atoms with Gasteiger partial charge in [0.25, 0.3) is 0 Å². The van der Waals surface area contributed by atoms with Gasteiger partial charge < -0.3 is 5.11 Å². The average molecular weight is 242 g/mol. The third-order valence-electron chi connectivity index (χ3n) is 2.66. The molecule has 0 spiro atoms. The van der Waals surface area contributed by atoms with Gasteiger partial charge in [-0.05, 0) is 24.1 Å². The van der Waals surface area contributed by atoms with E-state index in [0.717, 1.165) is 5.56 Å². The van der Waals surface area contributed by atoms with Crippen molar-refractivity contribution in [3.8, 4) is 0 Å². The second-order valence-electron chi connectivity index (χ2n) is 4.81. The van der Waals surface area contributed by atoms with E-state index in [4.69, 9.17) is 0 Å². The minimum absolute atomic E-state index is 0.0847. The molecule has 1 rings (SSSR count). The molecule has 0 saturated carbocycles. The van der Waals surface area contributed by atoms with E-state index >= 15 is 0 Å². The predicted molar refractivity (Wildman–Crippen MR) is 64.4 cm³/mol. The summed E-state index contributed by atoms with van der Waals surface area (Å²) in [5, 5.41) is 9.31. The molecule has 0 amide bonds. The number of sulfone groups is 1. The number of aliphatic hydroxyl groups is 1. The van der Waals surface area contributed by atoms with Gasteiger partial charge in [-0.15, -0.1) is 0 Å². The van der Waals surface area contributed by atoms with Crippen LogP contribution in [0.5, 0.6) is 0 Å². The third kappa shape index (κ3) is 2.62. The molecule has 0 aliphatic rings. The first-order valence-corrected chi connectivity index (χ1v) is 6.99. The van der Waals surface area contributed by atoms with Crippen molar-refractivity contribution in [1.82, 2.24) is 0 Å². The van der Waals surface area contributed by atoms with Gasteiger partial charge in [0.1, 0.15) is 0 Å². The lowest BCUT2D eigenvalue weighted by Crippen LogP contribution is -2.24. The van der Waals surface area contributed by atoms with Crippen molar-refractivity contribution in [3.63, 3.8) is 0 Å². The molecular weight excluding hydrogens is 224 g/mol. The van der Waals surface area contributed by atoms with E-state index in [9.17, 15) is 13.5 Å². The summed E-state index contributed by atoms with van der Waals surface area (Å²) in [6.07, 6.45) is 1.19.